The van der Waals surface area contributed by atoms with Crippen molar-refractivity contribution in [3.05, 3.63) is 27.3 Å². The topological polar surface area (TPSA) is 88.3 Å². The maximum atomic E-state index is 11.2. The molecule has 0 unspecified atom stereocenters. The van der Waals surface area contributed by atoms with Crippen molar-refractivity contribution in [1.82, 2.24) is 4.98 Å². The molecule has 0 bridgehead atoms. The van der Waals surface area contributed by atoms with Crippen LogP contribution in [0, 0.1) is 17.0 Å². The fourth-order valence-corrected chi connectivity index (χ4v) is 3.23. The molecule has 0 saturated heterocycles. The predicted molar refractivity (Wildman–Crippen MR) is 78.3 cm³/mol. The van der Waals surface area contributed by atoms with E-state index in [0.717, 1.165) is 34.5 Å². The summed E-state index contributed by atoms with van der Waals surface area (Å²) in [5.41, 5.74) is 0.485. The lowest BCUT2D eigenvalue weighted by molar-refractivity contribution is -0.383. The summed E-state index contributed by atoms with van der Waals surface area (Å²) in [4.78, 5) is 15.1. The van der Waals surface area contributed by atoms with E-state index < -0.39 is 10.5 Å². The minimum absolute atomic E-state index is 0.0315. The number of nitro benzene ring substituents is 1. The Morgan fingerprint density at radius 1 is 1.55 bits per heavy atom. The number of hydrogen-bond donors (Lipinski definition) is 2. The average Bonchev–Trinajstić information content (AvgIpc) is 2.71. The number of thiazole rings is 1. The third-order valence-electron chi connectivity index (χ3n) is 3.70. The van der Waals surface area contributed by atoms with Crippen molar-refractivity contribution in [2.75, 3.05) is 11.9 Å². The van der Waals surface area contributed by atoms with Crippen molar-refractivity contribution in [1.29, 1.82) is 0 Å². The molecule has 20 heavy (non-hydrogen) atoms. The van der Waals surface area contributed by atoms with Crippen LogP contribution in [0.3, 0.4) is 0 Å². The van der Waals surface area contributed by atoms with E-state index in [1.165, 1.54) is 11.3 Å². The molecule has 1 fully saturated rings. The molecule has 1 aliphatic rings. The summed E-state index contributed by atoms with van der Waals surface area (Å²) in [5, 5.41) is 25.1. The number of nitrogens with one attached hydrogen (secondary N) is 1. The van der Waals surface area contributed by atoms with Gasteiger partial charge in [0.05, 0.1) is 25.7 Å². The number of aliphatic hydroxyl groups is 1. The average molecular weight is 293 g/mol. The first-order valence-corrected chi connectivity index (χ1v) is 7.30. The number of hydrogen-bond acceptors (Lipinski definition) is 6. The van der Waals surface area contributed by atoms with Crippen molar-refractivity contribution in [3.8, 4) is 0 Å². The number of anilines is 1. The molecule has 2 aromatic rings. The molecule has 0 radical (unpaired) electrons. The van der Waals surface area contributed by atoms with Crippen LogP contribution in [0.1, 0.15) is 24.3 Å². The van der Waals surface area contributed by atoms with Crippen LogP contribution >= 0.6 is 11.3 Å². The van der Waals surface area contributed by atoms with Gasteiger partial charge in [0.2, 0.25) is 0 Å². The van der Waals surface area contributed by atoms with Gasteiger partial charge in [-0.1, -0.05) is 0 Å². The second kappa shape index (κ2) is 4.68. The van der Waals surface area contributed by atoms with E-state index >= 15 is 0 Å². The van der Waals surface area contributed by atoms with E-state index in [0.29, 0.717) is 12.2 Å². The lowest BCUT2D eigenvalue weighted by atomic mass is 9.80. The number of rotatable bonds is 4. The second-order valence-corrected chi connectivity index (χ2v) is 6.49. The van der Waals surface area contributed by atoms with Gasteiger partial charge in [0.1, 0.15) is 5.69 Å². The molecule has 0 spiro atoms. The molecular weight excluding hydrogens is 278 g/mol. The van der Waals surface area contributed by atoms with Crippen LogP contribution in [0.15, 0.2) is 12.1 Å². The van der Waals surface area contributed by atoms with Gasteiger partial charge in [-0.3, -0.25) is 10.1 Å². The Bertz CT molecular complexity index is 679. The molecule has 1 aliphatic carbocycles. The Labute approximate surface area is 119 Å². The van der Waals surface area contributed by atoms with Gasteiger partial charge in [0.25, 0.3) is 5.69 Å². The van der Waals surface area contributed by atoms with Crippen LogP contribution in [0.25, 0.3) is 10.2 Å². The minimum Gasteiger partial charge on any atom is -0.388 e. The van der Waals surface area contributed by atoms with Crippen molar-refractivity contribution in [2.45, 2.75) is 31.8 Å². The number of aromatic nitrogens is 1. The van der Waals surface area contributed by atoms with Crippen LogP contribution in [-0.2, 0) is 0 Å². The van der Waals surface area contributed by atoms with Gasteiger partial charge in [-0.05, 0) is 32.3 Å². The van der Waals surface area contributed by atoms with E-state index in [2.05, 4.69) is 10.3 Å². The third kappa shape index (κ3) is 2.34. The lowest BCUT2D eigenvalue weighted by Gasteiger charge is -2.36. The third-order valence-corrected chi connectivity index (χ3v) is 4.64. The SMILES string of the molecule is Cc1nc2cc(NCC3(O)CCC3)c([N+](=O)[O-])cc2s1. The molecule has 7 heteroatoms. The Hall–Kier alpha value is -1.73. The molecule has 2 N–H and O–H groups in total. The second-order valence-electron chi connectivity index (χ2n) is 5.26. The monoisotopic (exact) mass is 293 g/mol. The molecule has 1 heterocycles. The Kier molecular flexibility index (Phi) is 3.10. The summed E-state index contributed by atoms with van der Waals surface area (Å²) in [5.74, 6) is 0. The highest BCUT2D eigenvalue weighted by atomic mass is 32.1. The van der Waals surface area contributed by atoms with Crippen molar-refractivity contribution in [3.63, 3.8) is 0 Å². The quantitative estimate of drug-likeness (QED) is 0.668. The number of aryl methyl sites for hydroxylation is 1. The summed E-state index contributed by atoms with van der Waals surface area (Å²) < 4.78 is 0.808. The molecule has 0 aliphatic heterocycles. The first kappa shape index (κ1) is 13.3. The normalized spacial score (nSPS) is 16.9. The summed E-state index contributed by atoms with van der Waals surface area (Å²) >= 11 is 1.44. The highest BCUT2D eigenvalue weighted by Gasteiger charge is 2.34. The number of nitro groups is 1. The van der Waals surface area contributed by atoms with Gasteiger partial charge in [0.15, 0.2) is 0 Å². The standard InChI is InChI=1S/C13H15N3O3S/c1-8-15-10-5-9(14-7-13(17)3-2-4-13)11(16(18)19)6-12(10)20-8/h5-6,14,17H,2-4,7H2,1H3. The van der Waals surface area contributed by atoms with Gasteiger partial charge >= 0.3 is 0 Å². The molecule has 1 aromatic heterocycles. The van der Waals surface area contributed by atoms with E-state index in [4.69, 9.17) is 0 Å². The van der Waals surface area contributed by atoms with Gasteiger partial charge < -0.3 is 10.4 Å². The molecule has 6 nitrogen and oxygen atoms in total. The van der Waals surface area contributed by atoms with Crippen LogP contribution in [0.4, 0.5) is 11.4 Å². The summed E-state index contributed by atoms with van der Waals surface area (Å²) in [6, 6.07) is 3.24. The Morgan fingerprint density at radius 3 is 2.90 bits per heavy atom. The Balaban J connectivity index is 1.94. The zero-order chi connectivity index (χ0) is 14.3. The fraction of sp³-hybridized carbons (Fsp3) is 0.462. The van der Waals surface area contributed by atoms with Crippen LogP contribution < -0.4 is 5.32 Å². The van der Waals surface area contributed by atoms with Crippen molar-refractivity contribution < 1.29 is 10.0 Å². The molecule has 0 atom stereocenters. The largest absolute Gasteiger partial charge is 0.388 e. The zero-order valence-corrected chi connectivity index (χ0v) is 11.9. The summed E-state index contributed by atoms with van der Waals surface area (Å²) in [6.45, 7) is 2.21. The zero-order valence-electron chi connectivity index (χ0n) is 11.0. The van der Waals surface area contributed by atoms with E-state index in [1.807, 2.05) is 6.92 Å². The molecule has 3 rings (SSSR count). The van der Waals surface area contributed by atoms with Gasteiger partial charge in [-0.15, -0.1) is 11.3 Å². The molecule has 1 aromatic carbocycles. The maximum Gasteiger partial charge on any atom is 0.293 e. The first-order valence-electron chi connectivity index (χ1n) is 6.49. The highest BCUT2D eigenvalue weighted by Crippen LogP contribution is 2.35. The van der Waals surface area contributed by atoms with Crippen LogP contribution in [0.5, 0.6) is 0 Å². The Morgan fingerprint density at radius 2 is 2.30 bits per heavy atom. The van der Waals surface area contributed by atoms with Crippen LogP contribution in [0.2, 0.25) is 0 Å². The minimum atomic E-state index is -0.721. The maximum absolute atomic E-state index is 11.2. The number of fused-ring (bicyclic) bond motifs is 1. The molecule has 106 valence electrons. The fourth-order valence-electron chi connectivity index (χ4n) is 2.39. The van der Waals surface area contributed by atoms with Gasteiger partial charge in [0, 0.05) is 12.6 Å². The molecule has 0 amide bonds. The van der Waals surface area contributed by atoms with Gasteiger partial charge in [-0.2, -0.15) is 0 Å². The molecular formula is C13H15N3O3S. The summed E-state index contributed by atoms with van der Waals surface area (Å²) in [6.07, 6.45) is 2.49. The lowest BCUT2D eigenvalue weighted by Crippen LogP contribution is -2.43. The van der Waals surface area contributed by atoms with E-state index in [9.17, 15) is 15.2 Å². The number of benzene rings is 1. The smallest absolute Gasteiger partial charge is 0.293 e. The number of nitrogens with zero attached hydrogens (tertiary/aromatic N) is 2. The first-order chi connectivity index (χ1) is 9.47. The van der Waals surface area contributed by atoms with Crippen molar-refractivity contribution in [2.24, 2.45) is 0 Å². The van der Waals surface area contributed by atoms with Crippen molar-refractivity contribution >= 4 is 32.9 Å². The van der Waals surface area contributed by atoms with Crippen LogP contribution in [-0.4, -0.2) is 27.2 Å². The highest BCUT2D eigenvalue weighted by molar-refractivity contribution is 7.18. The van der Waals surface area contributed by atoms with E-state index in [-0.39, 0.29) is 5.69 Å². The predicted octanol–water partition coefficient (Wildman–Crippen LogP) is 2.84. The summed E-state index contributed by atoms with van der Waals surface area (Å²) in [7, 11) is 0. The van der Waals surface area contributed by atoms with E-state index in [1.54, 1.807) is 12.1 Å². The molecule has 1 saturated carbocycles. The van der Waals surface area contributed by atoms with Gasteiger partial charge in [-0.25, -0.2) is 4.98 Å².